The number of para-hydroxylation sites is 1. The van der Waals surface area contributed by atoms with Gasteiger partial charge in [-0.05, 0) is 32.0 Å². The van der Waals surface area contributed by atoms with Gasteiger partial charge in [0, 0.05) is 12.6 Å². The van der Waals surface area contributed by atoms with E-state index in [1.54, 1.807) is 19.1 Å². The van der Waals surface area contributed by atoms with Crippen molar-refractivity contribution in [3.8, 4) is 11.8 Å². The van der Waals surface area contributed by atoms with E-state index in [1.165, 1.54) is 6.07 Å². The maximum absolute atomic E-state index is 12.6. The van der Waals surface area contributed by atoms with Crippen LogP contribution in [0.1, 0.15) is 12.5 Å². The molecule has 0 aromatic heterocycles. The van der Waals surface area contributed by atoms with Gasteiger partial charge >= 0.3 is 6.18 Å². The van der Waals surface area contributed by atoms with Crippen molar-refractivity contribution in [1.29, 1.82) is 5.26 Å². The number of nitrogens with zero attached hydrogens (tertiary/aromatic N) is 2. The van der Waals surface area contributed by atoms with Gasteiger partial charge in [-0.2, -0.15) is 18.4 Å². The highest BCUT2D eigenvalue weighted by Crippen LogP contribution is 2.27. The number of ether oxygens (including phenoxy) is 1. The van der Waals surface area contributed by atoms with Gasteiger partial charge < -0.3 is 9.64 Å². The van der Waals surface area contributed by atoms with Gasteiger partial charge in [-0.1, -0.05) is 18.2 Å². The Bertz CT molecular complexity index is 496. The van der Waals surface area contributed by atoms with Crippen molar-refractivity contribution in [1.82, 2.24) is 4.90 Å². The number of hydrogen-bond acceptors (Lipinski definition) is 3. The molecule has 1 rings (SSSR count). The molecule has 3 nitrogen and oxygen atoms in total. The van der Waals surface area contributed by atoms with Crippen LogP contribution in [0.2, 0.25) is 0 Å². The molecule has 2 atom stereocenters. The Hall–Kier alpha value is -1.74. The van der Waals surface area contributed by atoms with Gasteiger partial charge in [-0.15, -0.1) is 0 Å². The standard InChI is InChI=1S/C15H19F3N2O/c1-11(8-12-6-4-5-7-14(12)21-3)20(2)10-13(9-19)15(16,17)18/h4-7,11,13H,8,10H2,1-3H3. The van der Waals surface area contributed by atoms with Crippen molar-refractivity contribution in [3.63, 3.8) is 0 Å². The summed E-state index contributed by atoms with van der Waals surface area (Å²) in [6, 6.07) is 8.58. The number of methoxy groups -OCH3 is 1. The predicted octanol–water partition coefficient (Wildman–Crippen LogP) is 3.26. The zero-order chi connectivity index (χ0) is 16.0. The van der Waals surface area contributed by atoms with Crippen LogP contribution in [0.25, 0.3) is 0 Å². The van der Waals surface area contributed by atoms with Gasteiger partial charge in [-0.25, -0.2) is 0 Å². The second kappa shape index (κ2) is 7.32. The monoisotopic (exact) mass is 300 g/mol. The Morgan fingerprint density at radius 2 is 1.95 bits per heavy atom. The van der Waals surface area contributed by atoms with Crippen molar-refractivity contribution < 1.29 is 17.9 Å². The number of hydrogen-bond donors (Lipinski definition) is 0. The van der Waals surface area contributed by atoms with Crippen molar-refractivity contribution in [2.24, 2.45) is 5.92 Å². The molecule has 2 unspecified atom stereocenters. The molecular formula is C15H19F3N2O. The third kappa shape index (κ3) is 4.94. The minimum atomic E-state index is -4.49. The van der Waals surface area contributed by atoms with Crippen molar-refractivity contribution in [2.45, 2.75) is 25.6 Å². The molecule has 1 aromatic rings. The Morgan fingerprint density at radius 3 is 2.48 bits per heavy atom. The van der Waals surface area contributed by atoms with Crippen LogP contribution >= 0.6 is 0 Å². The van der Waals surface area contributed by atoms with E-state index >= 15 is 0 Å². The number of nitriles is 1. The van der Waals surface area contributed by atoms with Crippen molar-refractivity contribution in [3.05, 3.63) is 29.8 Å². The van der Waals surface area contributed by atoms with E-state index in [9.17, 15) is 13.2 Å². The van der Waals surface area contributed by atoms with Crippen LogP contribution < -0.4 is 4.74 Å². The molecule has 0 aliphatic carbocycles. The third-order valence-corrected chi connectivity index (χ3v) is 3.48. The minimum Gasteiger partial charge on any atom is -0.496 e. The molecule has 0 amide bonds. The largest absolute Gasteiger partial charge is 0.496 e. The number of likely N-dealkylation sites (N-methyl/N-ethyl adjacent to an activating group) is 1. The highest BCUT2D eigenvalue weighted by atomic mass is 19.4. The molecule has 1 aromatic carbocycles. The first-order valence-corrected chi connectivity index (χ1v) is 6.58. The van der Waals surface area contributed by atoms with E-state index in [-0.39, 0.29) is 12.6 Å². The Balaban J connectivity index is 2.71. The molecule has 0 heterocycles. The first-order valence-electron chi connectivity index (χ1n) is 6.58. The van der Waals surface area contributed by atoms with Gasteiger partial charge in [0.25, 0.3) is 0 Å². The summed E-state index contributed by atoms with van der Waals surface area (Å²) in [7, 11) is 3.15. The zero-order valence-corrected chi connectivity index (χ0v) is 12.3. The molecular weight excluding hydrogens is 281 g/mol. The second-order valence-electron chi connectivity index (χ2n) is 5.03. The van der Waals surface area contributed by atoms with Crippen molar-refractivity contribution >= 4 is 0 Å². The average molecular weight is 300 g/mol. The lowest BCUT2D eigenvalue weighted by Crippen LogP contribution is -2.39. The molecule has 0 spiro atoms. The van der Waals surface area contributed by atoms with Gasteiger partial charge in [0.15, 0.2) is 5.92 Å². The number of alkyl halides is 3. The Labute approximate surface area is 122 Å². The van der Waals surface area contributed by atoms with E-state index in [0.717, 1.165) is 5.56 Å². The maximum atomic E-state index is 12.6. The second-order valence-corrected chi connectivity index (χ2v) is 5.03. The van der Waals surface area contributed by atoms with E-state index < -0.39 is 12.1 Å². The van der Waals surface area contributed by atoms with E-state index in [4.69, 9.17) is 10.00 Å². The summed E-state index contributed by atoms with van der Waals surface area (Å²) in [6.07, 6.45) is -3.94. The maximum Gasteiger partial charge on any atom is 0.405 e. The smallest absolute Gasteiger partial charge is 0.405 e. The minimum absolute atomic E-state index is 0.139. The lowest BCUT2D eigenvalue weighted by Gasteiger charge is -2.27. The van der Waals surface area contributed by atoms with E-state index in [1.807, 2.05) is 31.2 Å². The van der Waals surface area contributed by atoms with E-state index in [0.29, 0.717) is 12.2 Å². The lowest BCUT2D eigenvalue weighted by atomic mass is 10.0. The van der Waals surface area contributed by atoms with Crippen LogP contribution in [0.4, 0.5) is 13.2 Å². The van der Waals surface area contributed by atoms with Crippen LogP contribution in [-0.2, 0) is 6.42 Å². The average Bonchev–Trinajstić information content (AvgIpc) is 2.43. The highest BCUT2D eigenvalue weighted by molar-refractivity contribution is 5.33. The molecule has 21 heavy (non-hydrogen) atoms. The summed E-state index contributed by atoms with van der Waals surface area (Å²) < 4.78 is 43.1. The fourth-order valence-corrected chi connectivity index (χ4v) is 2.03. The quantitative estimate of drug-likeness (QED) is 0.809. The first-order chi connectivity index (χ1) is 9.79. The molecule has 6 heteroatoms. The van der Waals surface area contributed by atoms with Crippen molar-refractivity contribution in [2.75, 3.05) is 20.7 Å². The van der Waals surface area contributed by atoms with Gasteiger partial charge in [0.1, 0.15) is 5.75 Å². The normalized spacial score (nSPS) is 14.6. The summed E-state index contributed by atoms with van der Waals surface area (Å²) in [5.41, 5.74) is 0.930. The number of benzene rings is 1. The molecule has 0 bridgehead atoms. The number of halogens is 3. The fraction of sp³-hybridized carbons (Fsp3) is 0.533. The highest BCUT2D eigenvalue weighted by Gasteiger charge is 2.40. The lowest BCUT2D eigenvalue weighted by molar-refractivity contribution is -0.163. The topological polar surface area (TPSA) is 36.3 Å². The first kappa shape index (κ1) is 17.3. The van der Waals surface area contributed by atoms with Gasteiger partial charge in [0.05, 0.1) is 13.2 Å². The predicted molar refractivity (Wildman–Crippen MR) is 73.9 cm³/mol. The fourth-order valence-electron chi connectivity index (χ4n) is 2.03. The summed E-state index contributed by atoms with van der Waals surface area (Å²) in [6.45, 7) is 1.49. The van der Waals surface area contributed by atoms with Gasteiger partial charge in [0.2, 0.25) is 0 Å². The summed E-state index contributed by atoms with van der Waals surface area (Å²) in [5, 5.41) is 8.65. The Kier molecular flexibility index (Phi) is 6.03. The van der Waals surface area contributed by atoms with Gasteiger partial charge in [-0.3, -0.25) is 0 Å². The van der Waals surface area contributed by atoms with Crippen LogP contribution in [0.5, 0.6) is 5.75 Å². The van der Waals surface area contributed by atoms with Crippen LogP contribution in [0.3, 0.4) is 0 Å². The molecule has 0 saturated heterocycles. The zero-order valence-electron chi connectivity index (χ0n) is 12.3. The SMILES string of the molecule is COc1ccccc1CC(C)N(C)CC(C#N)C(F)(F)F. The molecule has 0 radical (unpaired) electrons. The molecule has 0 fully saturated rings. The molecule has 0 N–H and O–H groups in total. The summed E-state index contributed by atoms with van der Waals surface area (Å²) >= 11 is 0. The molecule has 0 aliphatic rings. The Morgan fingerprint density at radius 1 is 1.33 bits per heavy atom. The summed E-state index contributed by atoms with van der Waals surface area (Å²) in [4.78, 5) is 1.55. The van der Waals surface area contributed by atoms with Crippen LogP contribution in [0, 0.1) is 17.2 Å². The van der Waals surface area contributed by atoms with Crippen LogP contribution in [0.15, 0.2) is 24.3 Å². The third-order valence-electron chi connectivity index (χ3n) is 3.48. The number of rotatable bonds is 6. The molecule has 0 aliphatic heterocycles. The summed E-state index contributed by atoms with van der Waals surface area (Å²) in [5.74, 6) is -1.26. The van der Waals surface area contributed by atoms with E-state index in [2.05, 4.69) is 0 Å². The molecule has 0 saturated carbocycles. The molecule has 116 valence electrons. The van der Waals surface area contributed by atoms with Crippen LogP contribution in [-0.4, -0.2) is 37.8 Å².